The number of H-pyrrole nitrogens is 1. The highest BCUT2D eigenvalue weighted by Gasteiger charge is 2.13. The standard InChI is InChI=1S/C17H14N4O3S3/c1-27(23,24)10-6-7-13-14(8-10)26-17(20-13)21-15(22)9-25-16-18-11-4-2-3-5-12(11)19-16/h2-8H,9H2,1H3,(H,18,19)(H,20,21,22). The molecule has 4 aromatic rings. The molecule has 138 valence electrons. The number of carbonyl (C=O) groups excluding carboxylic acids is 1. The second-order valence-corrected chi connectivity index (χ2v) is 9.83. The first-order valence-corrected chi connectivity index (χ1v) is 11.6. The summed E-state index contributed by atoms with van der Waals surface area (Å²) in [7, 11) is -3.28. The van der Waals surface area contributed by atoms with Crippen LogP contribution in [0, 0.1) is 0 Å². The molecule has 0 fully saturated rings. The fourth-order valence-electron chi connectivity index (χ4n) is 2.48. The Morgan fingerprint density at radius 3 is 2.78 bits per heavy atom. The minimum absolute atomic E-state index is 0.185. The van der Waals surface area contributed by atoms with E-state index in [0.29, 0.717) is 20.5 Å². The Bertz CT molecular complexity index is 1230. The fourth-order valence-corrected chi connectivity index (χ4v) is 4.80. The van der Waals surface area contributed by atoms with Gasteiger partial charge >= 0.3 is 0 Å². The molecule has 2 aromatic heterocycles. The van der Waals surface area contributed by atoms with Gasteiger partial charge in [-0.15, -0.1) is 0 Å². The van der Waals surface area contributed by atoms with Crippen LogP contribution in [0.3, 0.4) is 0 Å². The summed E-state index contributed by atoms with van der Waals surface area (Å²) in [5.41, 5.74) is 2.43. The zero-order valence-electron chi connectivity index (χ0n) is 14.1. The topological polar surface area (TPSA) is 105 Å². The highest BCUT2D eigenvalue weighted by atomic mass is 32.2. The molecule has 2 aromatic carbocycles. The van der Waals surface area contributed by atoms with Crippen LogP contribution in [0.25, 0.3) is 21.3 Å². The van der Waals surface area contributed by atoms with Crippen LogP contribution in [0.15, 0.2) is 52.5 Å². The molecular formula is C17H14N4O3S3. The van der Waals surface area contributed by atoms with E-state index in [-0.39, 0.29) is 16.6 Å². The zero-order valence-corrected chi connectivity index (χ0v) is 16.5. The van der Waals surface area contributed by atoms with Gasteiger partial charge in [0.25, 0.3) is 0 Å². The lowest BCUT2D eigenvalue weighted by Crippen LogP contribution is -2.13. The monoisotopic (exact) mass is 418 g/mol. The normalized spacial score (nSPS) is 11.9. The van der Waals surface area contributed by atoms with Crippen molar-refractivity contribution in [2.45, 2.75) is 10.1 Å². The van der Waals surface area contributed by atoms with Crippen LogP contribution in [0.5, 0.6) is 0 Å². The third-order valence-corrected chi connectivity index (χ3v) is 6.66. The molecule has 27 heavy (non-hydrogen) atoms. The lowest BCUT2D eigenvalue weighted by molar-refractivity contribution is -0.113. The smallest absolute Gasteiger partial charge is 0.236 e. The summed E-state index contributed by atoms with van der Waals surface area (Å²) in [6.07, 6.45) is 1.16. The van der Waals surface area contributed by atoms with Crippen LogP contribution in [-0.4, -0.2) is 41.3 Å². The second-order valence-electron chi connectivity index (χ2n) is 5.82. The molecule has 0 aliphatic rings. The number of para-hydroxylation sites is 2. The van der Waals surface area contributed by atoms with E-state index in [1.165, 1.54) is 29.2 Å². The van der Waals surface area contributed by atoms with Crippen molar-refractivity contribution in [2.75, 3.05) is 17.3 Å². The Hall–Kier alpha value is -2.43. The lowest BCUT2D eigenvalue weighted by Gasteiger charge is -1.99. The number of aromatic amines is 1. The van der Waals surface area contributed by atoms with Crippen molar-refractivity contribution in [2.24, 2.45) is 0 Å². The van der Waals surface area contributed by atoms with Crippen LogP contribution >= 0.6 is 23.1 Å². The van der Waals surface area contributed by atoms with E-state index in [0.717, 1.165) is 17.3 Å². The number of amides is 1. The van der Waals surface area contributed by atoms with Crippen LogP contribution < -0.4 is 5.32 Å². The number of fused-ring (bicyclic) bond motifs is 2. The number of carbonyl (C=O) groups is 1. The maximum absolute atomic E-state index is 12.2. The van der Waals surface area contributed by atoms with Crippen molar-refractivity contribution in [1.29, 1.82) is 0 Å². The first kappa shape index (κ1) is 18.0. The van der Waals surface area contributed by atoms with Crippen molar-refractivity contribution >= 4 is 65.2 Å². The third-order valence-electron chi connectivity index (χ3n) is 3.74. The van der Waals surface area contributed by atoms with Gasteiger partial charge < -0.3 is 10.3 Å². The summed E-state index contributed by atoms with van der Waals surface area (Å²) in [5.74, 6) is -0.0208. The van der Waals surface area contributed by atoms with Gasteiger partial charge in [0.1, 0.15) is 0 Å². The van der Waals surface area contributed by atoms with Gasteiger partial charge in [-0.3, -0.25) is 4.79 Å². The maximum atomic E-state index is 12.2. The average molecular weight is 419 g/mol. The predicted molar refractivity (Wildman–Crippen MR) is 108 cm³/mol. The number of hydrogen-bond acceptors (Lipinski definition) is 7. The number of benzene rings is 2. The molecule has 0 spiro atoms. The van der Waals surface area contributed by atoms with Gasteiger partial charge in [0, 0.05) is 6.26 Å². The molecule has 2 heterocycles. The Morgan fingerprint density at radius 1 is 1.19 bits per heavy atom. The number of nitrogens with one attached hydrogen (secondary N) is 2. The highest BCUT2D eigenvalue weighted by Crippen LogP contribution is 2.28. The van der Waals surface area contributed by atoms with Crippen LogP contribution in [0.1, 0.15) is 0 Å². The molecule has 7 nitrogen and oxygen atoms in total. The number of nitrogens with zero attached hydrogens (tertiary/aromatic N) is 2. The van der Waals surface area contributed by atoms with Crippen molar-refractivity contribution in [1.82, 2.24) is 15.0 Å². The molecular weight excluding hydrogens is 404 g/mol. The van der Waals surface area contributed by atoms with E-state index in [2.05, 4.69) is 20.3 Å². The Labute approximate surface area is 163 Å². The molecule has 0 unspecified atom stereocenters. The molecule has 0 radical (unpaired) electrons. The largest absolute Gasteiger partial charge is 0.333 e. The number of anilines is 1. The number of aromatic nitrogens is 3. The molecule has 0 bridgehead atoms. The van der Waals surface area contributed by atoms with Gasteiger partial charge in [-0.2, -0.15) is 0 Å². The molecule has 10 heteroatoms. The molecule has 0 saturated heterocycles. The zero-order chi connectivity index (χ0) is 19.0. The van der Waals surface area contributed by atoms with Gasteiger partial charge in [-0.25, -0.2) is 18.4 Å². The predicted octanol–water partition coefficient (Wildman–Crippen LogP) is 3.31. The number of thiazole rings is 1. The van der Waals surface area contributed by atoms with Gasteiger partial charge in [-0.1, -0.05) is 35.2 Å². The van der Waals surface area contributed by atoms with Gasteiger partial charge in [0.05, 0.1) is 31.9 Å². The number of sulfone groups is 1. The summed E-state index contributed by atoms with van der Waals surface area (Å²) in [6.45, 7) is 0. The van der Waals surface area contributed by atoms with Gasteiger partial charge in [0.2, 0.25) is 5.91 Å². The van der Waals surface area contributed by atoms with Gasteiger partial charge in [0.15, 0.2) is 20.1 Å². The van der Waals surface area contributed by atoms with Crippen LogP contribution in [0.2, 0.25) is 0 Å². The molecule has 0 aliphatic heterocycles. The van der Waals surface area contributed by atoms with Crippen molar-refractivity contribution in [3.63, 3.8) is 0 Å². The SMILES string of the molecule is CS(=O)(=O)c1ccc2nc(NC(=O)CSc3nc4ccccc4[nH]3)sc2c1. The lowest BCUT2D eigenvalue weighted by atomic mass is 10.3. The van der Waals surface area contributed by atoms with E-state index in [9.17, 15) is 13.2 Å². The molecule has 1 amide bonds. The van der Waals surface area contributed by atoms with Crippen molar-refractivity contribution < 1.29 is 13.2 Å². The molecule has 2 N–H and O–H groups in total. The van der Waals surface area contributed by atoms with Gasteiger partial charge in [-0.05, 0) is 30.3 Å². The number of hydrogen-bond donors (Lipinski definition) is 2. The van der Waals surface area contributed by atoms with Crippen molar-refractivity contribution in [3.05, 3.63) is 42.5 Å². The number of thioether (sulfide) groups is 1. The minimum Gasteiger partial charge on any atom is -0.333 e. The average Bonchev–Trinajstić information content (AvgIpc) is 3.21. The molecule has 4 rings (SSSR count). The second kappa shape index (κ2) is 6.95. The first-order valence-electron chi connectivity index (χ1n) is 7.86. The Morgan fingerprint density at radius 2 is 2.00 bits per heavy atom. The summed E-state index contributed by atoms with van der Waals surface area (Å²) >= 11 is 2.55. The third kappa shape index (κ3) is 3.97. The van der Waals surface area contributed by atoms with E-state index >= 15 is 0 Å². The quantitative estimate of drug-likeness (QED) is 0.482. The Kier molecular flexibility index (Phi) is 4.62. The molecule has 0 atom stereocenters. The molecule has 0 aliphatic carbocycles. The minimum atomic E-state index is -3.28. The highest BCUT2D eigenvalue weighted by molar-refractivity contribution is 7.99. The van der Waals surface area contributed by atoms with Crippen LogP contribution in [0.4, 0.5) is 5.13 Å². The number of imidazole rings is 1. The van der Waals surface area contributed by atoms with E-state index in [1.807, 2.05) is 24.3 Å². The summed E-state index contributed by atoms with van der Waals surface area (Å²) in [5, 5.41) is 3.86. The summed E-state index contributed by atoms with van der Waals surface area (Å²) in [6, 6.07) is 12.4. The summed E-state index contributed by atoms with van der Waals surface area (Å²) < 4.78 is 24.0. The summed E-state index contributed by atoms with van der Waals surface area (Å²) in [4.78, 5) is 24.3. The van der Waals surface area contributed by atoms with E-state index in [4.69, 9.17) is 0 Å². The number of rotatable bonds is 5. The van der Waals surface area contributed by atoms with E-state index < -0.39 is 9.84 Å². The first-order chi connectivity index (χ1) is 12.9. The van der Waals surface area contributed by atoms with E-state index in [1.54, 1.807) is 12.1 Å². The van der Waals surface area contributed by atoms with Crippen molar-refractivity contribution in [3.8, 4) is 0 Å². The molecule has 0 saturated carbocycles. The fraction of sp³-hybridized carbons (Fsp3) is 0.118. The van der Waals surface area contributed by atoms with Crippen LogP contribution in [-0.2, 0) is 14.6 Å². The Balaban J connectivity index is 1.44. The maximum Gasteiger partial charge on any atom is 0.236 e.